The van der Waals surface area contributed by atoms with Crippen LogP contribution in [-0.4, -0.2) is 75.3 Å². The van der Waals surface area contributed by atoms with Crippen molar-refractivity contribution in [3.05, 3.63) is 53.1 Å². The number of carbonyl (C=O) groups excluding carboxylic acids is 4. The van der Waals surface area contributed by atoms with Crippen LogP contribution in [0.25, 0.3) is 11.1 Å². The first-order valence-corrected chi connectivity index (χ1v) is 12.1. The van der Waals surface area contributed by atoms with Crippen molar-refractivity contribution in [1.29, 1.82) is 0 Å². The van der Waals surface area contributed by atoms with E-state index in [0.29, 0.717) is 6.07 Å². The fraction of sp³-hybridized carbons (Fsp3) is 0.407. The second-order valence-corrected chi connectivity index (χ2v) is 10.6. The summed E-state index contributed by atoms with van der Waals surface area (Å²) in [6.45, 7) is 0. The highest BCUT2D eigenvalue weighted by Crippen LogP contribution is 2.52. The van der Waals surface area contributed by atoms with Crippen molar-refractivity contribution < 1.29 is 43.3 Å². The van der Waals surface area contributed by atoms with Gasteiger partial charge in [-0.05, 0) is 67.7 Å². The number of rotatable bonds is 3. The van der Waals surface area contributed by atoms with Crippen LogP contribution in [0.2, 0.25) is 0 Å². The third-order valence-electron chi connectivity index (χ3n) is 8.35. The van der Waals surface area contributed by atoms with Gasteiger partial charge in [0.25, 0.3) is 0 Å². The van der Waals surface area contributed by atoms with Crippen LogP contribution in [0.1, 0.15) is 22.3 Å². The Kier molecular flexibility index (Phi) is 6.01. The maximum atomic E-state index is 14.0. The summed E-state index contributed by atoms with van der Waals surface area (Å²) in [4.78, 5) is 54.4. The van der Waals surface area contributed by atoms with Crippen molar-refractivity contribution in [3.8, 4) is 16.9 Å². The maximum Gasteiger partial charge on any atom is 0.230 e. The van der Waals surface area contributed by atoms with Crippen molar-refractivity contribution in [2.75, 3.05) is 14.1 Å². The minimum Gasteiger partial charge on any atom is -0.507 e. The summed E-state index contributed by atoms with van der Waals surface area (Å²) in [6, 6.07) is 4.43. The Morgan fingerprint density at radius 2 is 1.71 bits per heavy atom. The van der Waals surface area contributed by atoms with Crippen LogP contribution in [0.15, 0.2) is 30.3 Å². The molecule has 9 nitrogen and oxygen atoms in total. The van der Waals surface area contributed by atoms with Gasteiger partial charge in [-0.1, -0.05) is 6.07 Å². The third-order valence-corrected chi connectivity index (χ3v) is 8.35. The highest BCUT2D eigenvalue weighted by molar-refractivity contribution is 6.25. The first kappa shape index (κ1) is 26.1. The van der Waals surface area contributed by atoms with Gasteiger partial charge in [-0.2, -0.15) is 0 Å². The number of hydrogen-bond acceptors (Lipinski definition) is 8. The first-order valence-electron chi connectivity index (χ1n) is 12.1. The number of likely N-dealkylation sites (N-methyl/N-ethyl adjacent to an activating group) is 1. The highest BCUT2D eigenvalue weighted by Gasteiger charge is 2.69. The van der Waals surface area contributed by atoms with Crippen molar-refractivity contribution in [2.45, 2.75) is 30.6 Å². The second kappa shape index (κ2) is 8.75. The van der Waals surface area contributed by atoms with Gasteiger partial charge in [0.15, 0.2) is 23.0 Å². The number of aliphatic hydroxyl groups is 2. The largest absolute Gasteiger partial charge is 0.507 e. The summed E-state index contributed by atoms with van der Waals surface area (Å²) < 4.78 is 28.0. The number of carbonyl (C=O) groups is 4. The van der Waals surface area contributed by atoms with Crippen LogP contribution >= 0.6 is 0 Å². The van der Waals surface area contributed by atoms with E-state index < -0.39 is 82.1 Å². The van der Waals surface area contributed by atoms with E-state index in [4.69, 9.17) is 5.73 Å². The Hall–Kier alpha value is -3.54. The second-order valence-electron chi connectivity index (χ2n) is 10.6. The molecule has 7 atom stereocenters. The van der Waals surface area contributed by atoms with Crippen LogP contribution in [0.3, 0.4) is 0 Å². The molecule has 5 rings (SSSR count). The molecule has 1 amide bonds. The molecule has 5 N–H and O–H groups in total. The fourth-order valence-corrected chi connectivity index (χ4v) is 6.80. The number of fused-ring (bicyclic) bond motifs is 3. The Bertz CT molecular complexity index is 1390. The zero-order valence-electron chi connectivity index (χ0n) is 20.5. The number of primary amides is 1. The van der Waals surface area contributed by atoms with Crippen molar-refractivity contribution in [1.82, 2.24) is 4.90 Å². The lowest BCUT2D eigenvalue weighted by atomic mass is 9.52. The van der Waals surface area contributed by atoms with E-state index in [1.54, 1.807) is 14.1 Å². The molecule has 0 heterocycles. The van der Waals surface area contributed by atoms with Crippen molar-refractivity contribution >= 4 is 23.3 Å². The van der Waals surface area contributed by atoms with Crippen LogP contribution in [0, 0.1) is 35.3 Å². The molecule has 0 aromatic heterocycles. The van der Waals surface area contributed by atoms with Crippen molar-refractivity contribution in [3.63, 3.8) is 0 Å². The standard InChI is InChI=1S/C27H26F2N2O7/c1-31(2)21-16-8-11-7-15-14(10-5-12(28)9-13(29)6-10)3-4-17(32)19(15)22(33)18(11)24(35)27(16,38)25(36)20(23(21)34)26(30)37/h3-6,9,11,16,18,20-21,23,32,34,38H,7-8H2,1-2H3,(H2,30,37)/t11-,16-,18?,20?,21-,23?,27-/m1/s1. The number of phenols is 1. The molecule has 3 unspecified atom stereocenters. The third kappa shape index (κ3) is 3.53. The van der Waals surface area contributed by atoms with Crippen LogP contribution < -0.4 is 5.73 Å². The molecular formula is C27H26F2N2O7. The van der Waals surface area contributed by atoms with E-state index >= 15 is 0 Å². The molecule has 3 aliphatic carbocycles. The normalized spacial score (nSPS) is 32.6. The van der Waals surface area contributed by atoms with Crippen LogP contribution in [0.4, 0.5) is 8.78 Å². The minimum atomic E-state index is -2.76. The van der Waals surface area contributed by atoms with Crippen molar-refractivity contribution in [2.24, 2.45) is 29.4 Å². The van der Waals surface area contributed by atoms with Gasteiger partial charge in [0.1, 0.15) is 23.3 Å². The molecule has 3 aliphatic rings. The molecule has 0 saturated heterocycles. The predicted octanol–water partition coefficient (Wildman–Crippen LogP) is 0.604. The number of aliphatic hydroxyl groups excluding tert-OH is 1. The average molecular weight is 529 g/mol. The zero-order chi connectivity index (χ0) is 27.8. The lowest BCUT2D eigenvalue weighted by Crippen LogP contribution is -2.75. The number of hydrogen-bond donors (Lipinski definition) is 4. The van der Waals surface area contributed by atoms with E-state index in [-0.39, 0.29) is 35.1 Å². The SMILES string of the molecule is CN(C)[C@H]1C(O)C(C(N)=O)C(=O)[C@]2(O)C(=O)C3C(=O)c4c(O)ccc(-c5cc(F)cc(F)c5)c4C[C@@H]3C[C@H]12. The summed E-state index contributed by atoms with van der Waals surface area (Å²) in [6.07, 6.45) is -1.66. The smallest absolute Gasteiger partial charge is 0.230 e. The Balaban J connectivity index is 1.66. The fourth-order valence-electron chi connectivity index (χ4n) is 6.80. The van der Waals surface area contributed by atoms with Gasteiger partial charge in [0, 0.05) is 18.0 Å². The lowest BCUT2D eigenvalue weighted by Gasteiger charge is -2.54. The molecule has 0 bridgehead atoms. The molecule has 2 aromatic rings. The molecule has 0 radical (unpaired) electrons. The number of benzene rings is 2. The summed E-state index contributed by atoms with van der Waals surface area (Å²) in [7, 11) is 3.10. The summed E-state index contributed by atoms with van der Waals surface area (Å²) >= 11 is 0. The Labute approximate surface area is 215 Å². The molecule has 2 saturated carbocycles. The molecular weight excluding hydrogens is 502 g/mol. The van der Waals surface area contributed by atoms with Gasteiger partial charge >= 0.3 is 0 Å². The van der Waals surface area contributed by atoms with Crippen LogP contribution in [0.5, 0.6) is 5.75 Å². The molecule has 2 aromatic carbocycles. The first-order chi connectivity index (χ1) is 17.8. The lowest BCUT2D eigenvalue weighted by molar-refractivity contribution is -0.190. The number of ketones is 3. The number of nitrogens with zero attached hydrogens (tertiary/aromatic N) is 1. The van der Waals surface area contributed by atoms with E-state index in [9.17, 15) is 43.3 Å². The van der Waals surface area contributed by atoms with Gasteiger partial charge in [-0.25, -0.2) is 8.78 Å². The number of aromatic hydroxyl groups is 1. The van der Waals surface area contributed by atoms with E-state index in [1.807, 2.05) is 0 Å². The summed E-state index contributed by atoms with van der Waals surface area (Å²) in [5.74, 6) is -11.9. The molecule has 0 spiro atoms. The summed E-state index contributed by atoms with van der Waals surface area (Å²) in [5, 5.41) is 33.1. The van der Waals surface area contributed by atoms with Gasteiger partial charge in [-0.15, -0.1) is 0 Å². The van der Waals surface area contributed by atoms with Gasteiger partial charge in [0.05, 0.1) is 17.6 Å². The topological polar surface area (TPSA) is 158 Å². The zero-order valence-corrected chi connectivity index (χ0v) is 20.5. The Morgan fingerprint density at radius 3 is 2.29 bits per heavy atom. The number of Topliss-reactive ketones (excluding diaryl/α,β-unsaturated/α-hetero) is 3. The molecule has 11 heteroatoms. The van der Waals surface area contributed by atoms with E-state index in [0.717, 1.165) is 12.1 Å². The monoisotopic (exact) mass is 528 g/mol. The van der Waals surface area contributed by atoms with E-state index in [2.05, 4.69) is 0 Å². The number of phenolic OH excluding ortho intramolecular Hbond substituents is 1. The van der Waals surface area contributed by atoms with Crippen LogP contribution in [-0.2, 0) is 20.8 Å². The Morgan fingerprint density at radius 1 is 1.08 bits per heavy atom. The van der Waals surface area contributed by atoms with Gasteiger partial charge in [-0.3, -0.25) is 19.2 Å². The molecule has 200 valence electrons. The molecule has 0 aliphatic heterocycles. The average Bonchev–Trinajstić information content (AvgIpc) is 2.80. The predicted molar refractivity (Wildman–Crippen MR) is 128 cm³/mol. The van der Waals surface area contributed by atoms with E-state index in [1.165, 1.54) is 17.0 Å². The number of nitrogens with two attached hydrogens (primary N) is 1. The maximum absolute atomic E-state index is 14.0. The molecule has 38 heavy (non-hydrogen) atoms. The number of halogens is 2. The van der Waals surface area contributed by atoms with Gasteiger partial charge < -0.3 is 26.0 Å². The highest BCUT2D eigenvalue weighted by atomic mass is 19.1. The summed E-state index contributed by atoms with van der Waals surface area (Å²) in [5.41, 5.74) is 3.05. The minimum absolute atomic E-state index is 0.00953. The quantitative estimate of drug-likeness (QED) is 0.422. The van der Waals surface area contributed by atoms with Gasteiger partial charge in [0.2, 0.25) is 5.91 Å². The number of amides is 1. The molecule has 2 fully saturated rings.